The number of aryl methyl sites for hydroxylation is 2. The van der Waals surface area contributed by atoms with Gasteiger partial charge in [-0.1, -0.05) is 29.8 Å². The van der Waals surface area contributed by atoms with Gasteiger partial charge in [-0.25, -0.2) is 0 Å². The van der Waals surface area contributed by atoms with Gasteiger partial charge in [0.2, 0.25) is 0 Å². The first-order valence-corrected chi connectivity index (χ1v) is 12.9. The lowest BCUT2D eigenvalue weighted by atomic mass is 10.1. The normalized spacial score (nSPS) is 12.7. The van der Waals surface area contributed by atoms with E-state index in [0.717, 1.165) is 37.0 Å². The Morgan fingerprint density at radius 3 is 2.00 bits per heavy atom. The number of ether oxygens (including phenoxy) is 2. The molecule has 1 aliphatic heterocycles. The Morgan fingerprint density at radius 1 is 0.857 bits per heavy atom. The van der Waals surface area contributed by atoms with Crippen LogP contribution in [0.5, 0.6) is 11.5 Å². The number of likely N-dealkylation sites (tertiary alicyclic amines) is 1. The lowest BCUT2D eigenvalue weighted by Crippen LogP contribution is -2.20. The molecule has 2 aromatic rings. The van der Waals surface area contributed by atoms with Crippen molar-refractivity contribution in [1.82, 2.24) is 4.90 Å². The number of halogens is 1. The maximum absolute atomic E-state index is 11.9. The van der Waals surface area contributed by atoms with E-state index in [-0.39, 0.29) is 6.67 Å². The first kappa shape index (κ1) is 30.6. The SMILES string of the molecule is CN.Cc1ccc(OCCCC=O)cc1.FCCCCOc1ccc(CCCN2CCCC2)cc1. The zero-order valence-corrected chi connectivity index (χ0v) is 21.7. The number of benzene rings is 2. The van der Waals surface area contributed by atoms with Crippen LogP contribution in [0.2, 0.25) is 0 Å². The summed E-state index contributed by atoms with van der Waals surface area (Å²) in [6.45, 7) is 6.80. The predicted molar refractivity (Wildman–Crippen MR) is 143 cm³/mol. The number of nitrogens with zero attached hydrogens (tertiary/aromatic N) is 1. The number of alkyl halides is 1. The number of nitrogens with two attached hydrogens (primary N) is 1. The number of carbonyl (C=O) groups is 1. The van der Waals surface area contributed by atoms with Gasteiger partial charge in [-0.05, 0) is 108 Å². The van der Waals surface area contributed by atoms with Gasteiger partial charge in [-0.3, -0.25) is 4.39 Å². The Labute approximate surface area is 211 Å². The fourth-order valence-electron chi connectivity index (χ4n) is 3.64. The number of aldehydes is 1. The van der Waals surface area contributed by atoms with E-state index in [0.29, 0.717) is 26.1 Å². The van der Waals surface area contributed by atoms with E-state index in [2.05, 4.69) is 22.8 Å². The predicted octanol–water partition coefficient (Wildman–Crippen LogP) is 5.77. The molecule has 0 aliphatic carbocycles. The average molecular weight is 489 g/mol. The third-order valence-corrected chi connectivity index (χ3v) is 5.61. The Bertz CT molecular complexity index is 748. The third-order valence-electron chi connectivity index (χ3n) is 5.61. The van der Waals surface area contributed by atoms with Crippen molar-refractivity contribution in [2.24, 2.45) is 5.73 Å². The number of carbonyl (C=O) groups excluding carboxylic acids is 1. The van der Waals surface area contributed by atoms with Crippen molar-refractivity contribution in [3.63, 3.8) is 0 Å². The van der Waals surface area contributed by atoms with Crippen molar-refractivity contribution < 1.29 is 18.7 Å². The highest BCUT2D eigenvalue weighted by molar-refractivity contribution is 5.49. The zero-order chi connectivity index (χ0) is 25.6. The molecule has 1 fully saturated rings. The number of rotatable bonds is 14. The summed E-state index contributed by atoms with van der Waals surface area (Å²) in [6.07, 6.45) is 8.77. The van der Waals surface area contributed by atoms with Crippen molar-refractivity contribution in [3.8, 4) is 11.5 Å². The first-order valence-electron chi connectivity index (χ1n) is 12.9. The van der Waals surface area contributed by atoms with Crippen LogP contribution in [0.25, 0.3) is 0 Å². The number of unbranched alkanes of at least 4 members (excludes halogenated alkanes) is 2. The van der Waals surface area contributed by atoms with E-state index in [9.17, 15) is 9.18 Å². The van der Waals surface area contributed by atoms with Crippen LogP contribution in [0.1, 0.15) is 56.1 Å². The van der Waals surface area contributed by atoms with Crippen LogP contribution in [-0.2, 0) is 11.2 Å². The summed E-state index contributed by atoms with van der Waals surface area (Å²) in [5, 5.41) is 0. The topological polar surface area (TPSA) is 64.8 Å². The van der Waals surface area contributed by atoms with E-state index in [1.165, 1.54) is 57.1 Å². The molecule has 196 valence electrons. The zero-order valence-electron chi connectivity index (χ0n) is 21.7. The summed E-state index contributed by atoms with van der Waals surface area (Å²) < 4.78 is 22.9. The highest BCUT2D eigenvalue weighted by Gasteiger charge is 2.10. The Hall–Kier alpha value is -2.44. The molecular weight excluding hydrogens is 443 g/mol. The van der Waals surface area contributed by atoms with Gasteiger partial charge in [0.1, 0.15) is 17.8 Å². The summed E-state index contributed by atoms with van der Waals surface area (Å²) in [6, 6.07) is 16.3. The van der Waals surface area contributed by atoms with Gasteiger partial charge in [0.25, 0.3) is 0 Å². The van der Waals surface area contributed by atoms with Gasteiger partial charge in [0, 0.05) is 6.42 Å². The van der Waals surface area contributed by atoms with Crippen molar-refractivity contribution in [1.29, 1.82) is 0 Å². The second-order valence-electron chi connectivity index (χ2n) is 8.51. The molecule has 3 rings (SSSR count). The molecule has 0 radical (unpaired) electrons. The van der Waals surface area contributed by atoms with Crippen molar-refractivity contribution in [2.45, 2.75) is 58.3 Å². The molecule has 0 aromatic heterocycles. The van der Waals surface area contributed by atoms with E-state index in [1.54, 1.807) is 0 Å². The molecule has 1 heterocycles. The minimum absolute atomic E-state index is 0.251. The maximum Gasteiger partial charge on any atom is 0.120 e. The van der Waals surface area contributed by atoms with Crippen LogP contribution >= 0.6 is 0 Å². The molecule has 0 amide bonds. The van der Waals surface area contributed by atoms with Gasteiger partial charge in [0.15, 0.2) is 0 Å². The van der Waals surface area contributed by atoms with Crippen molar-refractivity contribution in [3.05, 3.63) is 59.7 Å². The van der Waals surface area contributed by atoms with Gasteiger partial charge < -0.3 is 24.9 Å². The van der Waals surface area contributed by atoms with Gasteiger partial charge >= 0.3 is 0 Å². The van der Waals surface area contributed by atoms with E-state index in [4.69, 9.17) is 9.47 Å². The van der Waals surface area contributed by atoms with Gasteiger partial charge in [-0.15, -0.1) is 0 Å². The average Bonchev–Trinajstić information content (AvgIpc) is 3.42. The first-order chi connectivity index (χ1) is 17.2. The van der Waals surface area contributed by atoms with E-state index >= 15 is 0 Å². The van der Waals surface area contributed by atoms with Gasteiger partial charge in [-0.2, -0.15) is 0 Å². The second kappa shape index (κ2) is 20.9. The molecule has 35 heavy (non-hydrogen) atoms. The van der Waals surface area contributed by atoms with Crippen LogP contribution in [0.3, 0.4) is 0 Å². The number of hydrogen-bond acceptors (Lipinski definition) is 5. The van der Waals surface area contributed by atoms with Gasteiger partial charge in [0.05, 0.1) is 19.9 Å². The molecule has 5 nitrogen and oxygen atoms in total. The fraction of sp³-hybridized carbons (Fsp3) is 0.552. The Morgan fingerprint density at radius 2 is 1.43 bits per heavy atom. The molecule has 0 unspecified atom stereocenters. The fourth-order valence-corrected chi connectivity index (χ4v) is 3.64. The summed E-state index contributed by atoms with van der Waals surface area (Å²) in [7, 11) is 1.50. The summed E-state index contributed by atoms with van der Waals surface area (Å²) >= 11 is 0. The highest BCUT2D eigenvalue weighted by Crippen LogP contribution is 2.15. The second-order valence-corrected chi connectivity index (χ2v) is 8.51. The molecule has 0 saturated carbocycles. The molecular formula is C29H45FN2O3. The standard InChI is InChI=1S/C17H26FNO.C11H14O2.CH5N/c18-11-1-4-15-20-17-9-7-16(8-10-17)6-5-14-19-12-2-3-13-19;1-10-4-6-11(7-5-10)13-9-3-2-8-12;1-2/h7-10H,1-6,11-15H2;4-8H,2-3,9H2,1H3;2H2,1H3. The number of hydrogen-bond donors (Lipinski definition) is 1. The van der Waals surface area contributed by atoms with Crippen LogP contribution in [0.15, 0.2) is 48.5 Å². The lowest BCUT2D eigenvalue weighted by molar-refractivity contribution is -0.108. The summed E-state index contributed by atoms with van der Waals surface area (Å²) in [4.78, 5) is 12.6. The smallest absolute Gasteiger partial charge is 0.120 e. The van der Waals surface area contributed by atoms with Crippen LogP contribution in [0.4, 0.5) is 4.39 Å². The molecule has 2 aromatic carbocycles. The van der Waals surface area contributed by atoms with Crippen molar-refractivity contribution >= 4 is 6.29 Å². The lowest BCUT2D eigenvalue weighted by Gasteiger charge is -2.14. The van der Waals surface area contributed by atoms with Crippen LogP contribution in [0, 0.1) is 6.92 Å². The molecule has 1 aliphatic rings. The molecule has 6 heteroatoms. The largest absolute Gasteiger partial charge is 0.494 e. The Kier molecular flexibility index (Phi) is 18.3. The minimum atomic E-state index is -0.251. The maximum atomic E-state index is 11.9. The van der Waals surface area contributed by atoms with E-state index < -0.39 is 0 Å². The quantitative estimate of drug-likeness (QED) is 0.270. The third kappa shape index (κ3) is 15.2. The molecule has 0 spiro atoms. The summed E-state index contributed by atoms with van der Waals surface area (Å²) in [5.74, 6) is 1.77. The van der Waals surface area contributed by atoms with Crippen molar-refractivity contribution in [2.75, 3.05) is 46.6 Å². The monoisotopic (exact) mass is 488 g/mol. The molecule has 0 atom stereocenters. The van der Waals surface area contributed by atoms with E-state index in [1.807, 2.05) is 43.3 Å². The highest BCUT2D eigenvalue weighted by atomic mass is 19.1. The van der Waals surface area contributed by atoms with Crippen LogP contribution in [-0.4, -0.2) is 57.8 Å². The summed E-state index contributed by atoms with van der Waals surface area (Å²) in [5.41, 5.74) is 7.10. The van der Waals surface area contributed by atoms with Crippen LogP contribution < -0.4 is 15.2 Å². The molecule has 0 bridgehead atoms. The molecule has 1 saturated heterocycles. The molecule has 2 N–H and O–H groups in total. The Balaban J connectivity index is 0.000000354. The minimum Gasteiger partial charge on any atom is -0.494 e.